The van der Waals surface area contributed by atoms with E-state index in [0.717, 1.165) is 44.0 Å². The number of hydrogen-bond donors (Lipinski definition) is 1. The molecule has 1 aromatic heterocycles. The Bertz CT molecular complexity index is 414. The molecule has 1 fully saturated rings. The SMILES string of the molecule is CC(C)Cn1ncnc1CC1CC(C(C)C)CCC1O. The van der Waals surface area contributed by atoms with E-state index in [-0.39, 0.29) is 6.10 Å². The van der Waals surface area contributed by atoms with Gasteiger partial charge in [-0.2, -0.15) is 5.10 Å². The van der Waals surface area contributed by atoms with Gasteiger partial charge in [0.15, 0.2) is 0 Å². The van der Waals surface area contributed by atoms with E-state index in [4.69, 9.17) is 0 Å². The lowest BCUT2D eigenvalue weighted by Crippen LogP contribution is -2.33. The molecule has 3 atom stereocenters. The third-order valence-electron chi connectivity index (χ3n) is 4.60. The highest BCUT2D eigenvalue weighted by molar-refractivity contribution is 4.92. The highest BCUT2D eigenvalue weighted by Gasteiger charge is 2.31. The molecule has 1 heterocycles. The fraction of sp³-hybridized carbons (Fsp3) is 0.875. The van der Waals surface area contributed by atoms with Gasteiger partial charge in [-0.1, -0.05) is 27.7 Å². The molecule has 4 heteroatoms. The van der Waals surface area contributed by atoms with Crippen molar-refractivity contribution in [3.05, 3.63) is 12.2 Å². The second-order valence-corrected chi connectivity index (χ2v) is 7.10. The molecule has 0 bridgehead atoms. The van der Waals surface area contributed by atoms with Crippen molar-refractivity contribution in [3.8, 4) is 0 Å². The highest BCUT2D eigenvalue weighted by atomic mass is 16.3. The number of aliphatic hydroxyl groups is 1. The summed E-state index contributed by atoms with van der Waals surface area (Å²) in [6, 6.07) is 0. The lowest BCUT2D eigenvalue weighted by molar-refractivity contribution is 0.0364. The molecule has 0 spiro atoms. The zero-order valence-electron chi connectivity index (χ0n) is 13.3. The number of aliphatic hydroxyl groups excluding tert-OH is 1. The van der Waals surface area contributed by atoms with Crippen LogP contribution in [0.25, 0.3) is 0 Å². The molecule has 4 nitrogen and oxygen atoms in total. The molecular weight excluding hydrogens is 250 g/mol. The number of hydrogen-bond acceptors (Lipinski definition) is 3. The second-order valence-electron chi connectivity index (χ2n) is 7.10. The second kappa shape index (κ2) is 6.70. The molecule has 0 saturated heterocycles. The number of rotatable bonds is 5. The summed E-state index contributed by atoms with van der Waals surface area (Å²) in [6.07, 6.45) is 5.55. The molecule has 0 radical (unpaired) electrons. The zero-order chi connectivity index (χ0) is 14.7. The fourth-order valence-corrected chi connectivity index (χ4v) is 3.29. The molecule has 0 amide bonds. The van der Waals surface area contributed by atoms with Crippen molar-refractivity contribution in [2.24, 2.45) is 23.7 Å². The molecule has 1 aromatic rings. The van der Waals surface area contributed by atoms with E-state index in [1.54, 1.807) is 6.33 Å². The summed E-state index contributed by atoms with van der Waals surface area (Å²) < 4.78 is 2.01. The molecule has 1 aliphatic rings. The van der Waals surface area contributed by atoms with E-state index < -0.39 is 0 Å². The van der Waals surface area contributed by atoms with Crippen LogP contribution in [0, 0.1) is 23.7 Å². The van der Waals surface area contributed by atoms with Crippen molar-refractivity contribution >= 4 is 0 Å². The lowest BCUT2D eigenvalue weighted by Gasteiger charge is -2.35. The predicted octanol–water partition coefficient (Wildman–Crippen LogP) is 2.91. The van der Waals surface area contributed by atoms with Gasteiger partial charge in [-0.05, 0) is 42.9 Å². The molecule has 3 unspecified atom stereocenters. The van der Waals surface area contributed by atoms with Crippen LogP contribution < -0.4 is 0 Å². The Balaban J connectivity index is 2.02. The van der Waals surface area contributed by atoms with Gasteiger partial charge < -0.3 is 5.11 Å². The summed E-state index contributed by atoms with van der Waals surface area (Å²) in [7, 11) is 0. The third kappa shape index (κ3) is 3.81. The molecule has 0 aromatic carbocycles. The Morgan fingerprint density at radius 2 is 2.05 bits per heavy atom. The first-order valence-electron chi connectivity index (χ1n) is 8.02. The van der Waals surface area contributed by atoms with Crippen LogP contribution in [0.2, 0.25) is 0 Å². The first-order valence-corrected chi connectivity index (χ1v) is 8.02. The average molecular weight is 279 g/mol. The van der Waals surface area contributed by atoms with Gasteiger partial charge in [0, 0.05) is 13.0 Å². The Morgan fingerprint density at radius 3 is 2.70 bits per heavy atom. The van der Waals surface area contributed by atoms with E-state index >= 15 is 0 Å². The maximum atomic E-state index is 10.3. The molecule has 0 aliphatic heterocycles. The maximum Gasteiger partial charge on any atom is 0.138 e. The smallest absolute Gasteiger partial charge is 0.138 e. The number of nitrogens with zero attached hydrogens (tertiary/aromatic N) is 3. The van der Waals surface area contributed by atoms with Gasteiger partial charge in [-0.25, -0.2) is 9.67 Å². The monoisotopic (exact) mass is 279 g/mol. The average Bonchev–Trinajstić information content (AvgIpc) is 2.78. The van der Waals surface area contributed by atoms with E-state index in [2.05, 4.69) is 37.8 Å². The molecule has 2 rings (SSSR count). The molecular formula is C16H29N3O. The van der Waals surface area contributed by atoms with E-state index in [1.807, 2.05) is 4.68 Å². The van der Waals surface area contributed by atoms with Crippen LogP contribution in [-0.2, 0) is 13.0 Å². The van der Waals surface area contributed by atoms with E-state index in [1.165, 1.54) is 0 Å². The summed E-state index contributed by atoms with van der Waals surface area (Å²) >= 11 is 0. The molecule has 114 valence electrons. The highest BCUT2D eigenvalue weighted by Crippen LogP contribution is 2.35. The summed E-state index contributed by atoms with van der Waals surface area (Å²) in [5, 5.41) is 14.6. The molecule has 1 N–H and O–H groups in total. The number of aromatic nitrogens is 3. The Labute approximate surface area is 122 Å². The molecule has 1 saturated carbocycles. The van der Waals surface area contributed by atoms with Gasteiger partial charge in [0.2, 0.25) is 0 Å². The van der Waals surface area contributed by atoms with Crippen LogP contribution in [0.1, 0.15) is 52.8 Å². The zero-order valence-corrected chi connectivity index (χ0v) is 13.3. The van der Waals surface area contributed by atoms with Crippen LogP contribution >= 0.6 is 0 Å². The van der Waals surface area contributed by atoms with Crippen LogP contribution in [0.15, 0.2) is 6.33 Å². The van der Waals surface area contributed by atoms with Crippen molar-refractivity contribution < 1.29 is 5.11 Å². The third-order valence-corrected chi connectivity index (χ3v) is 4.60. The predicted molar refractivity (Wildman–Crippen MR) is 80.2 cm³/mol. The van der Waals surface area contributed by atoms with Crippen LogP contribution in [0.5, 0.6) is 0 Å². The lowest BCUT2D eigenvalue weighted by atomic mass is 9.73. The van der Waals surface area contributed by atoms with Gasteiger partial charge >= 0.3 is 0 Å². The van der Waals surface area contributed by atoms with Gasteiger partial charge in [0.05, 0.1) is 6.10 Å². The molecule has 20 heavy (non-hydrogen) atoms. The largest absolute Gasteiger partial charge is 0.393 e. The summed E-state index contributed by atoms with van der Waals surface area (Å²) in [5.74, 6) is 3.39. The van der Waals surface area contributed by atoms with Crippen LogP contribution in [0.4, 0.5) is 0 Å². The topological polar surface area (TPSA) is 50.9 Å². The van der Waals surface area contributed by atoms with Gasteiger partial charge in [-0.15, -0.1) is 0 Å². The molecule has 1 aliphatic carbocycles. The van der Waals surface area contributed by atoms with Crippen molar-refractivity contribution in [2.75, 3.05) is 0 Å². The van der Waals surface area contributed by atoms with E-state index in [0.29, 0.717) is 17.8 Å². The van der Waals surface area contributed by atoms with Gasteiger partial charge in [0.1, 0.15) is 12.2 Å². The minimum Gasteiger partial charge on any atom is -0.393 e. The Kier molecular flexibility index (Phi) is 5.19. The Morgan fingerprint density at radius 1 is 1.30 bits per heavy atom. The minimum absolute atomic E-state index is 0.172. The van der Waals surface area contributed by atoms with Gasteiger partial charge in [-0.3, -0.25) is 0 Å². The minimum atomic E-state index is -0.172. The first-order chi connectivity index (χ1) is 9.47. The van der Waals surface area contributed by atoms with Crippen molar-refractivity contribution in [1.82, 2.24) is 14.8 Å². The van der Waals surface area contributed by atoms with Crippen LogP contribution in [-0.4, -0.2) is 26.0 Å². The first kappa shape index (κ1) is 15.5. The summed E-state index contributed by atoms with van der Waals surface area (Å²) in [6.45, 7) is 9.87. The van der Waals surface area contributed by atoms with Crippen molar-refractivity contribution in [1.29, 1.82) is 0 Å². The quantitative estimate of drug-likeness (QED) is 0.901. The summed E-state index contributed by atoms with van der Waals surface area (Å²) in [5.41, 5.74) is 0. The van der Waals surface area contributed by atoms with Crippen molar-refractivity contribution in [3.63, 3.8) is 0 Å². The summed E-state index contributed by atoms with van der Waals surface area (Å²) in [4.78, 5) is 4.41. The standard InChI is InChI=1S/C16H29N3O/c1-11(2)9-19-16(17-10-18-19)8-14-7-13(12(3)4)5-6-15(14)20/h10-15,20H,5-9H2,1-4H3. The van der Waals surface area contributed by atoms with E-state index in [9.17, 15) is 5.11 Å². The van der Waals surface area contributed by atoms with Crippen molar-refractivity contribution in [2.45, 2.75) is 66.0 Å². The van der Waals surface area contributed by atoms with Crippen LogP contribution in [0.3, 0.4) is 0 Å². The fourth-order valence-electron chi connectivity index (χ4n) is 3.29. The van der Waals surface area contributed by atoms with Gasteiger partial charge in [0.25, 0.3) is 0 Å². The normalized spacial score (nSPS) is 27.4. The maximum absolute atomic E-state index is 10.3. The Hall–Kier alpha value is -0.900.